The van der Waals surface area contributed by atoms with E-state index < -0.39 is 11.6 Å². The summed E-state index contributed by atoms with van der Waals surface area (Å²) in [4.78, 5) is 24.3. The van der Waals surface area contributed by atoms with E-state index in [-0.39, 0.29) is 23.4 Å². The summed E-state index contributed by atoms with van der Waals surface area (Å²) in [6, 6.07) is 8.91. The lowest BCUT2D eigenvalue weighted by molar-refractivity contribution is 0.0529. The minimum absolute atomic E-state index is 0.00199. The van der Waals surface area contributed by atoms with Crippen molar-refractivity contribution in [1.29, 1.82) is 0 Å². The van der Waals surface area contributed by atoms with Crippen LogP contribution in [0.2, 0.25) is 0 Å². The van der Waals surface area contributed by atoms with Gasteiger partial charge in [0.1, 0.15) is 22.6 Å². The minimum Gasteiger partial charge on any atom is -0.496 e. The predicted molar refractivity (Wildman–Crippen MR) is 86.9 cm³/mol. The zero-order valence-corrected chi connectivity index (χ0v) is 12.7. The van der Waals surface area contributed by atoms with E-state index in [0.717, 1.165) is 5.39 Å². The molecular formula is C17H15NO5. The maximum atomic E-state index is 12.2. The van der Waals surface area contributed by atoms with Crippen molar-refractivity contribution in [2.75, 3.05) is 19.5 Å². The lowest BCUT2D eigenvalue weighted by Crippen LogP contribution is -2.16. The molecule has 0 saturated heterocycles. The van der Waals surface area contributed by atoms with E-state index in [0.29, 0.717) is 16.5 Å². The molecule has 3 rings (SSSR count). The Morgan fingerprint density at radius 1 is 1.22 bits per heavy atom. The number of nitrogens with two attached hydrogens (primary N) is 1. The van der Waals surface area contributed by atoms with Crippen molar-refractivity contribution >= 4 is 33.4 Å². The highest BCUT2D eigenvalue weighted by atomic mass is 16.5. The molecule has 1 aromatic heterocycles. The van der Waals surface area contributed by atoms with Gasteiger partial charge in [0.05, 0.1) is 13.7 Å². The first kappa shape index (κ1) is 14.9. The third-order valence-electron chi connectivity index (χ3n) is 3.61. The molecule has 1 heterocycles. The van der Waals surface area contributed by atoms with Gasteiger partial charge in [0, 0.05) is 16.2 Å². The molecule has 6 nitrogen and oxygen atoms in total. The van der Waals surface area contributed by atoms with E-state index in [1.807, 2.05) is 18.2 Å². The number of esters is 1. The zero-order chi connectivity index (χ0) is 16.6. The number of benzene rings is 2. The fraction of sp³-hybridized carbons (Fsp3) is 0.176. The second-order valence-corrected chi connectivity index (χ2v) is 4.90. The zero-order valence-electron chi connectivity index (χ0n) is 12.7. The third kappa shape index (κ3) is 2.28. The van der Waals surface area contributed by atoms with Crippen LogP contribution in [0, 0.1) is 0 Å². The molecular weight excluding hydrogens is 298 g/mol. The molecule has 0 aliphatic heterocycles. The smallest absolute Gasteiger partial charge is 0.360 e. The number of nitrogen functional groups attached to an aromatic ring is 1. The summed E-state index contributed by atoms with van der Waals surface area (Å²) >= 11 is 0. The Morgan fingerprint density at radius 2 is 1.91 bits per heavy atom. The first-order chi connectivity index (χ1) is 11.1. The van der Waals surface area contributed by atoms with Crippen LogP contribution >= 0.6 is 0 Å². The molecule has 0 radical (unpaired) electrons. The molecule has 0 unspecified atom stereocenters. The highest BCUT2D eigenvalue weighted by molar-refractivity contribution is 6.15. The maximum absolute atomic E-state index is 12.2. The molecule has 0 aliphatic carbocycles. The Kier molecular flexibility index (Phi) is 3.65. The van der Waals surface area contributed by atoms with Gasteiger partial charge in [-0.3, -0.25) is 0 Å². The number of anilines is 1. The summed E-state index contributed by atoms with van der Waals surface area (Å²) in [6.45, 7) is 1.85. The molecule has 0 spiro atoms. The van der Waals surface area contributed by atoms with Crippen molar-refractivity contribution in [1.82, 2.24) is 0 Å². The van der Waals surface area contributed by atoms with E-state index in [1.54, 1.807) is 19.1 Å². The van der Waals surface area contributed by atoms with Gasteiger partial charge in [-0.15, -0.1) is 0 Å². The molecule has 0 saturated carbocycles. The lowest BCUT2D eigenvalue weighted by Gasteiger charge is -2.12. The second kappa shape index (κ2) is 5.64. The number of fused-ring (bicyclic) bond motifs is 3. The van der Waals surface area contributed by atoms with Gasteiger partial charge < -0.3 is 19.6 Å². The molecule has 23 heavy (non-hydrogen) atoms. The third-order valence-corrected chi connectivity index (χ3v) is 3.61. The summed E-state index contributed by atoms with van der Waals surface area (Å²) in [6.07, 6.45) is 0. The SMILES string of the molecule is CCOC(=O)c1c(N)c(=O)oc2c1cc(OC)c1ccccc12. The molecule has 3 aromatic rings. The Labute approximate surface area is 131 Å². The van der Waals surface area contributed by atoms with Crippen molar-refractivity contribution in [2.24, 2.45) is 0 Å². The Bertz CT molecular complexity index is 974. The topological polar surface area (TPSA) is 91.8 Å². The number of rotatable bonds is 3. The van der Waals surface area contributed by atoms with Crippen LogP contribution in [0.5, 0.6) is 5.75 Å². The number of ether oxygens (including phenoxy) is 2. The van der Waals surface area contributed by atoms with Gasteiger partial charge in [0.15, 0.2) is 0 Å². The van der Waals surface area contributed by atoms with Crippen molar-refractivity contribution in [2.45, 2.75) is 6.92 Å². The number of carbonyl (C=O) groups excluding carboxylic acids is 1. The van der Waals surface area contributed by atoms with E-state index in [9.17, 15) is 9.59 Å². The van der Waals surface area contributed by atoms with Gasteiger partial charge in [0.2, 0.25) is 0 Å². The van der Waals surface area contributed by atoms with Crippen LogP contribution in [0.25, 0.3) is 21.7 Å². The first-order valence-electron chi connectivity index (χ1n) is 7.07. The van der Waals surface area contributed by atoms with Crippen molar-refractivity contribution in [3.8, 4) is 5.75 Å². The quantitative estimate of drug-likeness (QED) is 0.454. The van der Waals surface area contributed by atoms with Gasteiger partial charge in [-0.2, -0.15) is 0 Å². The molecule has 6 heteroatoms. The number of methoxy groups -OCH3 is 1. The number of carbonyl (C=O) groups is 1. The standard InChI is InChI=1S/C17H15NO5/c1-3-22-16(19)13-11-8-12(21-2)9-6-4-5-7-10(9)15(11)23-17(20)14(13)18/h4-8H,3,18H2,1-2H3. The van der Waals surface area contributed by atoms with E-state index in [2.05, 4.69) is 0 Å². The first-order valence-corrected chi connectivity index (χ1v) is 7.07. The van der Waals surface area contributed by atoms with Crippen LogP contribution in [0.15, 0.2) is 39.5 Å². The highest BCUT2D eigenvalue weighted by Crippen LogP contribution is 2.35. The monoisotopic (exact) mass is 313 g/mol. The van der Waals surface area contributed by atoms with Crippen molar-refractivity contribution in [3.63, 3.8) is 0 Å². The number of hydrogen-bond donors (Lipinski definition) is 1. The fourth-order valence-corrected chi connectivity index (χ4v) is 2.60. The van der Waals surface area contributed by atoms with Crippen molar-refractivity contribution in [3.05, 3.63) is 46.3 Å². The van der Waals surface area contributed by atoms with Crippen LogP contribution in [-0.2, 0) is 4.74 Å². The highest BCUT2D eigenvalue weighted by Gasteiger charge is 2.22. The summed E-state index contributed by atoms with van der Waals surface area (Å²) in [5.74, 6) is -0.118. The molecule has 2 aromatic carbocycles. The average Bonchev–Trinajstić information content (AvgIpc) is 2.55. The molecule has 2 N–H and O–H groups in total. The largest absolute Gasteiger partial charge is 0.496 e. The summed E-state index contributed by atoms with van der Waals surface area (Å²) in [7, 11) is 1.53. The Morgan fingerprint density at radius 3 is 2.57 bits per heavy atom. The van der Waals surface area contributed by atoms with E-state index in [4.69, 9.17) is 19.6 Å². The summed E-state index contributed by atoms with van der Waals surface area (Å²) < 4.78 is 15.7. The Balaban J connectivity index is 2.52. The van der Waals surface area contributed by atoms with E-state index in [1.165, 1.54) is 7.11 Å². The van der Waals surface area contributed by atoms with Crippen molar-refractivity contribution < 1.29 is 18.7 Å². The van der Waals surface area contributed by atoms with Gasteiger partial charge >= 0.3 is 11.6 Å². The van der Waals surface area contributed by atoms with Crippen LogP contribution in [0.1, 0.15) is 17.3 Å². The average molecular weight is 313 g/mol. The van der Waals surface area contributed by atoms with Gasteiger partial charge in [-0.1, -0.05) is 24.3 Å². The lowest BCUT2D eigenvalue weighted by atomic mass is 10.0. The second-order valence-electron chi connectivity index (χ2n) is 4.90. The molecule has 0 aliphatic rings. The molecule has 0 amide bonds. The van der Waals surface area contributed by atoms with Crippen LogP contribution < -0.4 is 16.1 Å². The molecule has 0 atom stereocenters. The number of hydrogen-bond acceptors (Lipinski definition) is 6. The maximum Gasteiger partial charge on any atom is 0.360 e. The Hall–Kier alpha value is -3.02. The van der Waals surface area contributed by atoms with Gasteiger partial charge in [-0.05, 0) is 13.0 Å². The molecule has 0 fully saturated rings. The van der Waals surface area contributed by atoms with Gasteiger partial charge in [-0.25, -0.2) is 9.59 Å². The summed E-state index contributed by atoms with van der Waals surface area (Å²) in [5, 5.41) is 1.81. The van der Waals surface area contributed by atoms with Crippen LogP contribution in [0.4, 0.5) is 5.69 Å². The van der Waals surface area contributed by atoms with E-state index >= 15 is 0 Å². The predicted octanol–water partition coefficient (Wildman–Crippen LogP) is 2.71. The van der Waals surface area contributed by atoms with Crippen LogP contribution in [-0.4, -0.2) is 19.7 Å². The van der Waals surface area contributed by atoms with Gasteiger partial charge in [0.25, 0.3) is 0 Å². The normalized spacial score (nSPS) is 10.9. The fourth-order valence-electron chi connectivity index (χ4n) is 2.60. The van der Waals surface area contributed by atoms with Crippen LogP contribution in [0.3, 0.4) is 0 Å². The molecule has 0 bridgehead atoms. The minimum atomic E-state index is -0.768. The molecule has 118 valence electrons. The summed E-state index contributed by atoms with van der Waals surface area (Å²) in [5.41, 5.74) is 5.01.